The first-order valence-electron chi connectivity index (χ1n) is 13.8. The predicted octanol–water partition coefficient (Wildman–Crippen LogP) is -3.56. The summed E-state index contributed by atoms with van der Waals surface area (Å²) in [6, 6.07) is -0.894. The van der Waals surface area contributed by atoms with Gasteiger partial charge in [0.05, 0.1) is 44.8 Å². The molecule has 0 aliphatic carbocycles. The number of carbonyl (C=O) groups excluding carboxylic acids is 2. The molecule has 2 amide bonds. The molecule has 240 valence electrons. The lowest BCUT2D eigenvalue weighted by Crippen LogP contribution is -2.68. The maximum atomic E-state index is 13.1. The Bertz CT molecular complexity index is 985. The fourth-order valence-electron chi connectivity index (χ4n) is 4.85. The predicted molar refractivity (Wildman–Crippen MR) is 141 cm³/mol. The second-order valence-corrected chi connectivity index (χ2v) is 10.1. The summed E-state index contributed by atoms with van der Waals surface area (Å²) >= 11 is 0. The first-order chi connectivity index (χ1) is 20.1. The second kappa shape index (κ2) is 16.5. The van der Waals surface area contributed by atoms with Gasteiger partial charge >= 0.3 is 0 Å². The highest BCUT2D eigenvalue weighted by atomic mass is 16.7. The molecule has 42 heavy (non-hydrogen) atoms. The van der Waals surface area contributed by atoms with Gasteiger partial charge < -0.3 is 59.5 Å². The molecule has 17 heteroatoms. The lowest BCUT2D eigenvalue weighted by Gasteiger charge is -2.47. The van der Waals surface area contributed by atoms with Crippen LogP contribution < -0.4 is 10.6 Å². The van der Waals surface area contributed by atoms with Crippen LogP contribution in [0.3, 0.4) is 0 Å². The molecule has 2 fully saturated rings. The van der Waals surface area contributed by atoms with Crippen LogP contribution in [0.1, 0.15) is 26.0 Å². The number of hydrogen-bond acceptors (Lipinski definition) is 14. The van der Waals surface area contributed by atoms with Gasteiger partial charge in [-0.3, -0.25) is 14.3 Å². The van der Waals surface area contributed by atoms with E-state index >= 15 is 0 Å². The van der Waals surface area contributed by atoms with Crippen molar-refractivity contribution in [2.45, 2.75) is 94.6 Å². The molecule has 5 unspecified atom stereocenters. The van der Waals surface area contributed by atoms with Crippen molar-refractivity contribution < 1.29 is 58.4 Å². The minimum absolute atomic E-state index is 0.220. The van der Waals surface area contributed by atoms with E-state index in [0.29, 0.717) is 38.5 Å². The minimum Gasteiger partial charge on any atom is -0.394 e. The third-order valence-corrected chi connectivity index (χ3v) is 7.01. The molecule has 0 aromatic carbocycles. The largest absolute Gasteiger partial charge is 0.394 e. The van der Waals surface area contributed by atoms with E-state index in [-0.39, 0.29) is 6.54 Å². The summed E-state index contributed by atoms with van der Waals surface area (Å²) in [5.74, 6) is -1.06. The molecule has 0 spiro atoms. The van der Waals surface area contributed by atoms with Crippen LogP contribution in [0.4, 0.5) is 0 Å². The SMILES string of the molecule is COCCOCc1cn(CCCNC(=O)C2O[C@@H](O[C@H]3C(O)C(CO)O[C@@H](C)C3NC(C)=O)C(O)[C@@H](O)[C@@H]2OC)nn1. The van der Waals surface area contributed by atoms with Crippen molar-refractivity contribution >= 4 is 11.8 Å². The summed E-state index contributed by atoms with van der Waals surface area (Å²) in [7, 11) is 2.85. The summed E-state index contributed by atoms with van der Waals surface area (Å²) < 4.78 is 34.5. The maximum Gasteiger partial charge on any atom is 0.252 e. The Hall–Kier alpha value is -2.32. The Balaban J connectivity index is 1.59. The van der Waals surface area contributed by atoms with E-state index in [2.05, 4.69) is 20.9 Å². The summed E-state index contributed by atoms with van der Waals surface area (Å²) in [4.78, 5) is 24.9. The van der Waals surface area contributed by atoms with Crippen molar-refractivity contribution in [1.29, 1.82) is 0 Å². The molecule has 3 heterocycles. The molecule has 2 aliphatic heterocycles. The van der Waals surface area contributed by atoms with Gasteiger partial charge in [-0.2, -0.15) is 0 Å². The van der Waals surface area contributed by atoms with Gasteiger partial charge in [-0.15, -0.1) is 5.10 Å². The molecule has 2 aliphatic rings. The summed E-state index contributed by atoms with van der Waals surface area (Å²) in [6.07, 6.45) is -9.64. The number of methoxy groups -OCH3 is 2. The van der Waals surface area contributed by atoms with Crippen LogP contribution >= 0.6 is 0 Å². The number of aryl methyl sites for hydroxylation is 1. The molecule has 6 N–H and O–H groups in total. The highest BCUT2D eigenvalue weighted by Crippen LogP contribution is 2.30. The first-order valence-corrected chi connectivity index (χ1v) is 13.8. The molecule has 3 rings (SSSR count). The van der Waals surface area contributed by atoms with Gasteiger partial charge in [-0.25, -0.2) is 0 Å². The fourth-order valence-corrected chi connectivity index (χ4v) is 4.85. The average Bonchev–Trinajstić information content (AvgIpc) is 3.42. The van der Waals surface area contributed by atoms with Crippen molar-refractivity contribution in [3.05, 3.63) is 11.9 Å². The summed E-state index contributed by atoms with van der Waals surface area (Å²) in [5.41, 5.74) is 0.655. The molecule has 17 nitrogen and oxygen atoms in total. The van der Waals surface area contributed by atoms with Crippen molar-refractivity contribution in [3.8, 4) is 0 Å². The van der Waals surface area contributed by atoms with E-state index < -0.39 is 79.6 Å². The molecule has 0 radical (unpaired) electrons. The van der Waals surface area contributed by atoms with Crippen LogP contribution in [0, 0.1) is 0 Å². The lowest BCUT2D eigenvalue weighted by atomic mass is 9.92. The van der Waals surface area contributed by atoms with Crippen molar-refractivity contribution in [1.82, 2.24) is 25.6 Å². The van der Waals surface area contributed by atoms with Crippen molar-refractivity contribution in [2.75, 3.05) is 40.6 Å². The van der Waals surface area contributed by atoms with Crippen LogP contribution in [0.15, 0.2) is 6.20 Å². The van der Waals surface area contributed by atoms with E-state index in [9.17, 15) is 30.0 Å². The Labute approximate surface area is 243 Å². The van der Waals surface area contributed by atoms with Gasteiger partial charge in [0, 0.05) is 34.2 Å². The minimum atomic E-state index is -1.67. The zero-order valence-corrected chi connectivity index (χ0v) is 24.2. The standard InChI is InChI=1S/C25H43N5O12/c1-13-17(27-14(2)32)21(18(33)16(11-31)40-13)41-25-20(35)19(34)22(38-4)23(42-25)24(36)26-6-5-7-30-10-15(28-29-30)12-39-9-8-37-3/h10,13,16-23,25,31,33-35H,5-9,11-12H2,1-4H3,(H,26,36)(H,27,32)/t13-,16?,17?,18?,19+,20?,21+,22-,23?,25+/m0/s1. The molecular formula is C25H43N5O12. The topological polar surface area (TPSA) is 225 Å². The average molecular weight is 606 g/mol. The number of aliphatic hydroxyl groups excluding tert-OH is 4. The number of amides is 2. The number of nitrogens with one attached hydrogen (secondary N) is 2. The normalized spacial score (nSPS) is 33.3. The van der Waals surface area contributed by atoms with Crippen molar-refractivity contribution in [3.63, 3.8) is 0 Å². The number of aromatic nitrogens is 3. The third-order valence-electron chi connectivity index (χ3n) is 7.01. The molecule has 1 aromatic heterocycles. The highest BCUT2D eigenvalue weighted by Gasteiger charge is 2.52. The molecule has 10 atom stereocenters. The zero-order valence-electron chi connectivity index (χ0n) is 24.2. The smallest absolute Gasteiger partial charge is 0.252 e. The summed E-state index contributed by atoms with van der Waals surface area (Å²) in [6.45, 7) is 4.23. The van der Waals surface area contributed by atoms with Gasteiger partial charge in [-0.1, -0.05) is 5.21 Å². The van der Waals surface area contributed by atoms with Crippen LogP contribution in [0.2, 0.25) is 0 Å². The van der Waals surface area contributed by atoms with E-state index in [4.69, 9.17) is 28.4 Å². The Kier molecular flexibility index (Phi) is 13.4. The lowest BCUT2D eigenvalue weighted by molar-refractivity contribution is -0.325. The number of ether oxygens (including phenoxy) is 6. The van der Waals surface area contributed by atoms with Gasteiger partial charge in [0.1, 0.15) is 42.3 Å². The highest BCUT2D eigenvalue weighted by molar-refractivity contribution is 5.81. The van der Waals surface area contributed by atoms with Gasteiger partial charge in [0.2, 0.25) is 5.91 Å². The molecular weight excluding hydrogens is 562 g/mol. The van der Waals surface area contributed by atoms with Crippen LogP contribution in [0.5, 0.6) is 0 Å². The Morgan fingerprint density at radius 1 is 1.10 bits per heavy atom. The van der Waals surface area contributed by atoms with E-state index in [1.54, 1.807) is 24.9 Å². The molecule has 0 bridgehead atoms. The molecule has 0 saturated carbocycles. The second-order valence-electron chi connectivity index (χ2n) is 10.1. The molecule has 2 saturated heterocycles. The number of aliphatic hydroxyl groups is 4. The van der Waals surface area contributed by atoms with Crippen molar-refractivity contribution in [2.24, 2.45) is 0 Å². The maximum absolute atomic E-state index is 13.1. The Morgan fingerprint density at radius 2 is 1.86 bits per heavy atom. The fraction of sp³-hybridized carbons (Fsp3) is 0.840. The van der Waals surface area contributed by atoms with Gasteiger partial charge in [-0.05, 0) is 13.3 Å². The van der Waals surface area contributed by atoms with E-state index in [1.807, 2.05) is 0 Å². The quantitative estimate of drug-likeness (QED) is 0.106. The zero-order chi connectivity index (χ0) is 30.8. The number of hydrogen-bond donors (Lipinski definition) is 6. The Morgan fingerprint density at radius 3 is 2.52 bits per heavy atom. The van der Waals surface area contributed by atoms with Gasteiger partial charge in [0.25, 0.3) is 5.91 Å². The van der Waals surface area contributed by atoms with E-state index in [0.717, 1.165) is 0 Å². The number of rotatable bonds is 15. The first kappa shape index (κ1) is 34.2. The monoisotopic (exact) mass is 605 g/mol. The van der Waals surface area contributed by atoms with Crippen LogP contribution in [-0.2, 0) is 51.2 Å². The summed E-state index contributed by atoms with van der Waals surface area (Å²) in [5, 5.41) is 55.3. The van der Waals surface area contributed by atoms with Crippen LogP contribution in [-0.4, -0.2) is 149 Å². The molecule has 1 aromatic rings. The third kappa shape index (κ3) is 8.85. The number of carbonyl (C=O) groups is 2. The number of nitrogens with zero attached hydrogens (tertiary/aromatic N) is 3. The van der Waals surface area contributed by atoms with E-state index in [1.165, 1.54) is 14.0 Å². The van der Waals surface area contributed by atoms with Gasteiger partial charge in [0.15, 0.2) is 12.4 Å². The van der Waals surface area contributed by atoms with Crippen LogP contribution in [0.25, 0.3) is 0 Å².